The molecule has 0 aliphatic carbocycles. The molecule has 6 nitrogen and oxygen atoms in total. The van der Waals surface area contributed by atoms with Crippen molar-refractivity contribution in [3.8, 4) is 0 Å². The second kappa shape index (κ2) is 8.55. The van der Waals surface area contributed by atoms with E-state index in [4.69, 9.17) is 9.47 Å². The molecule has 0 aromatic carbocycles. The van der Waals surface area contributed by atoms with E-state index in [-0.39, 0.29) is 13.2 Å². The molecule has 0 saturated heterocycles. The highest BCUT2D eigenvalue weighted by atomic mass is 16.6. The predicted molar refractivity (Wildman–Crippen MR) is 58.1 cm³/mol. The predicted octanol–water partition coefficient (Wildman–Crippen LogP) is 0.825. The first-order valence-corrected chi connectivity index (χ1v) is 5.53. The molecular weight excluding hydrogens is 228 g/mol. The molecule has 0 unspecified atom stereocenters. The zero-order chi connectivity index (χ0) is 13.3. The third kappa shape index (κ3) is 6.55. The van der Waals surface area contributed by atoms with Gasteiger partial charge in [-0.3, -0.25) is 4.79 Å². The zero-order valence-electron chi connectivity index (χ0n) is 10.4. The quantitative estimate of drug-likeness (QED) is 0.376. The van der Waals surface area contributed by atoms with Crippen LogP contribution < -0.4 is 0 Å². The standard InChI is InChI=1S/C11H18O6/c1-4-6-15-10(13)9(17-8(3)12)11(14)16-7-5-2/h9H,4-7H2,1-3H3. The number of ether oxygens (including phenoxy) is 3. The second-order valence-corrected chi connectivity index (χ2v) is 3.32. The van der Waals surface area contributed by atoms with E-state index in [0.717, 1.165) is 6.92 Å². The van der Waals surface area contributed by atoms with E-state index < -0.39 is 24.0 Å². The fourth-order valence-corrected chi connectivity index (χ4v) is 0.915. The van der Waals surface area contributed by atoms with Crippen molar-refractivity contribution in [2.75, 3.05) is 13.2 Å². The lowest BCUT2D eigenvalue weighted by atomic mass is 10.3. The molecule has 0 aliphatic heterocycles. The van der Waals surface area contributed by atoms with Gasteiger partial charge in [0.05, 0.1) is 13.2 Å². The number of hydrogen-bond acceptors (Lipinski definition) is 6. The van der Waals surface area contributed by atoms with E-state index in [9.17, 15) is 14.4 Å². The van der Waals surface area contributed by atoms with Crippen molar-refractivity contribution in [1.82, 2.24) is 0 Å². The van der Waals surface area contributed by atoms with Crippen LogP contribution in [0, 0.1) is 0 Å². The summed E-state index contributed by atoms with van der Waals surface area (Å²) in [6.07, 6.45) is -0.393. The van der Waals surface area contributed by atoms with Gasteiger partial charge in [0, 0.05) is 6.92 Å². The summed E-state index contributed by atoms with van der Waals surface area (Å²) in [7, 11) is 0. The van der Waals surface area contributed by atoms with Crippen LogP contribution in [0.4, 0.5) is 0 Å². The topological polar surface area (TPSA) is 78.9 Å². The summed E-state index contributed by atoms with van der Waals surface area (Å²) in [5.41, 5.74) is 0. The highest BCUT2D eigenvalue weighted by Crippen LogP contribution is 2.02. The highest BCUT2D eigenvalue weighted by Gasteiger charge is 2.32. The van der Waals surface area contributed by atoms with E-state index in [1.54, 1.807) is 0 Å². The normalized spacial score (nSPS) is 9.88. The number of esters is 3. The van der Waals surface area contributed by atoms with Crippen LogP contribution in [0.15, 0.2) is 0 Å². The van der Waals surface area contributed by atoms with Crippen LogP contribution in [0.2, 0.25) is 0 Å². The Balaban J connectivity index is 4.45. The minimum absolute atomic E-state index is 0.164. The van der Waals surface area contributed by atoms with Gasteiger partial charge in [-0.15, -0.1) is 0 Å². The largest absolute Gasteiger partial charge is 0.463 e. The molecule has 0 radical (unpaired) electrons. The van der Waals surface area contributed by atoms with Crippen LogP contribution in [0.5, 0.6) is 0 Å². The molecule has 0 fully saturated rings. The summed E-state index contributed by atoms with van der Waals surface area (Å²) >= 11 is 0. The Bertz CT molecular complexity index is 253. The van der Waals surface area contributed by atoms with Crippen LogP contribution in [0.25, 0.3) is 0 Å². The van der Waals surface area contributed by atoms with Gasteiger partial charge in [0.15, 0.2) is 0 Å². The molecule has 0 bridgehead atoms. The lowest BCUT2D eigenvalue weighted by molar-refractivity contribution is -0.179. The highest BCUT2D eigenvalue weighted by molar-refractivity contribution is 5.99. The number of carbonyl (C=O) groups is 3. The number of carbonyl (C=O) groups excluding carboxylic acids is 3. The van der Waals surface area contributed by atoms with Crippen LogP contribution in [-0.4, -0.2) is 37.2 Å². The van der Waals surface area contributed by atoms with Crippen LogP contribution in [0.1, 0.15) is 33.6 Å². The van der Waals surface area contributed by atoms with Gasteiger partial charge in [0.2, 0.25) is 0 Å². The van der Waals surface area contributed by atoms with Crippen LogP contribution >= 0.6 is 0 Å². The molecule has 0 N–H and O–H groups in total. The first kappa shape index (κ1) is 15.4. The van der Waals surface area contributed by atoms with Gasteiger partial charge in [-0.25, -0.2) is 9.59 Å². The Morgan fingerprint density at radius 2 is 1.35 bits per heavy atom. The van der Waals surface area contributed by atoms with E-state index in [2.05, 4.69) is 4.74 Å². The first-order chi connectivity index (χ1) is 8.02. The van der Waals surface area contributed by atoms with Gasteiger partial charge in [0.1, 0.15) is 0 Å². The Labute approximate surface area is 100 Å². The maximum atomic E-state index is 11.4. The molecule has 0 heterocycles. The van der Waals surface area contributed by atoms with Crippen molar-refractivity contribution >= 4 is 17.9 Å². The minimum Gasteiger partial charge on any atom is -0.463 e. The third-order valence-electron chi connectivity index (χ3n) is 1.61. The maximum Gasteiger partial charge on any atom is 0.359 e. The smallest absolute Gasteiger partial charge is 0.359 e. The van der Waals surface area contributed by atoms with Crippen LogP contribution in [0.3, 0.4) is 0 Å². The summed E-state index contributed by atoms with van der Waals surface area (Å²) < 4.78 is 14.1. The Morgan fingerprint density at radius 3 is 1.65 bits per heavy atom. The Kier molecular flexibility index (Phi) is 7.75. The molecule has 0 aromatic heterocycles. The molecule has 0 aliphatic rings. The SMILES string of the molecule is CCCOC(=O)C(OC(C)=O)C(=O)OCCC. The lowest BCUT2D eigenvalue weighted by Gasteiger charge is -2.14. The fraction of sp³-hybridized carbons (Fsp3) is 0.727. The number of rotatable bonds is 7. The second-order valence-electron chi connectivity index (χ2n) is 3.32. The molecule has 98 valence electrons. The fourth-order valence-electron chi connectivity index (χ4n) is 0.915. The molecule has 0 aromatic rings. The van der Waals surface area contributed by atoms with Crippen molar-refractivity contribution < 1.29 is 28.6 Å². The molecule has 0 spiro atoms. The van der Waals surface area contributed by atoms with Gasteiger partial charge >= 0.3 is 17.9 Å². The molecule has 0 rings (SSSR count). The van der Waals surface area contributed by atoms with Crippen molar-refractivity contribution in [1.29, 1.82) is 0 Å². The molecule has 17 heavy (non-hydrogen) atoms. The van der Waals surface area contributed by atoms with Gasteiger partial charge < -0.3 is 14.2 Å². The molecular formula is C11H18O6. The summed E-state index contributed by atoms with van der Waals surface area (Å²) in [4.78, 5) is 33.7. The number of hydrogen-bond donors (Lipinski definition) is 0. The molecule has 6 heteroatoms. The van der Waals surface area contributed by atoms with E-state index >= 15 is 0 Å². The van der Waals surface area contributed by atoms with Gasteiger partial charge in [0.25, 0.3) is 6.10 Å². The van der Waals surface area contributed by atoms with Gasteiger partial charge in [-0.2, -0.15) is 0 Å². The maximum absolute atomic E-state index is 11.4. The Hall–Kier alpha value is -1.59. The van der Waals surface area contributed by atoms with Gasteiger partial charge in [-0.05, 0) is 12.8 Å². The average Bonchev–Trinajstić information content (AvgIpc) is 2.29. The van der Waals surface area contributed by atoms with Crippen molar-refractivity contribution in [3.05, 3.63) is 0 Å². The minimum atomic E-state index is -1.62. The van der Waals surface area contributed by atoms with Crippen LogP contribution in [-0.2, 0) is 28.6 Å². The van der Waals surface area contributed by atoms with E-state index in [0.29, 0.717) is 12.8 Å². The summed E-state index contributed by atoms with van der Waals surface area (Å²) in [6.45, 7) is 5.05. The Morgan fingerprint density at radius 1 is 0.941 bits per heavy atom. The van der Waals surface area contributed by atoms with Crippen molar-refractivity contribution in [2.24, 2.45) is 0 Å². The van der Waals surface area contributed by atoms with Gasteiger partial charge in [-0.1, -0.05) is 13.8 Å². The third-order valence-corrected chi connectivity index (χ3v) is 1.61. The van der Waals surface area contributed by atoms with Crippen molar-refractivity contribution in [3.63, 3.8) is 0 Å². The zero-order valence-corrected chi connectivity index (χ0v) is 10.4. The molecule has 0 saturated carbocycles. The van der Waals surface area contributed by atoms with E-state index in [1.807, 2.05) is 13.8 Å². The molecule has 0 atom stereocenters. The first-order valence-electron chi connectivity index (χ1n) is 5.53. The molecule has 0 amide bonds. The monoisotopic (exact) mass is 246 g/mol. The lowest BCUT2D eigenvalue weighted by Crippen LogP contribution is -2.37. The average molecular weight is 246 g/mol. The summed E-state index contributed by atoms with van der Waals surface area (Å²) in [6, 6.07) is 0. The van der Waals surface area contributed by atoms with E-state index in [1.165, 1.54) is 0 Å². The van der Waals surface area contributed by atoms with Crippen molar-refractivity contribution in [2.45, 2.75) is 39.7 Å². The summed E-state index contributed by atoms with van der Waals surface area (Å²) in [5, 5.41) is 0. The summed E-state index contributed by atoms with van der Waals surface area (Å²) in [5.74, 6) is -2.54.